The third kappa shape index (κ3) is 9.82. The van der Waals surface area contributed by atoms with E-state index in [1.54, 1.807) is 0 Å². The van der Waals surface area contributed by atoms with Crippen molar-refractivity contribution >= 4 is 19.5 Å². The van der Waals surface area contributed by atoms with E-state index in [1.165, 1.54) is 12.8 Å². The third-order valence-corrected chi connectivity index (χ3v) is 7.26. The first-order valence-electron chi connectivity index (χ1n) is 7.69. The molecule has 0 saturated heterocycles. The van der Waals surface area contributed by atoms with Crippen molar-refractivity contribution in [1.82, 2.24) is 0 Å². The minimum atomic E-state index is -0.440. The molecule has 0 saturated carbocycles. The Morgan fingerprint density at radius 3 is 1.26 bits per heavy atom. The van der Waals surface area contributed by atoms with Crippen molar-refractivity contribution in [3.63, 3.8) is 0 Å². The van der Waals surface area contributed by atoms with E-state index in [0.717, 1.165) is 13.2 Å². The first-order chi connectivity index (χ1) is 8.54. The van der Waals surface area contributed by atoms with Gasteiger partial charge in [-0.1, -0.05) is 68.2 Å². The normalized spacial score (nSPS) is 15.2. The van der Waals surface area contributed by atoms with Gasteiger partial charge in [0.1, 0.15) is 0 Å². The van der Waals surface area contributed by atoms with Gasteiger partial charge in [0, 0.05) is 18.6 Å². The van der Waals surface area contributed by atoms with Gasteiger partial charge in [-0.2, -0.15) is 0 Å². The molecule has 0 bridgehead atoms. The van der Waals surface area contributed by atoms with Crippen molar-refractivity contribution in [1.29, 1.82) is 0 Å². The molecule has 19 heavy (non-hydrogen) atoms. The second-order valence-corrected chi connectivity index (χ2v) is 13.4. The number of rotatable bonds is 10. The van der Waals surface area contributed by atoms with E-state index < -0.39 is 19.5 Å². The number of hydrogen-bond acceptors (Lipinski definition) is 2. The van der Waals surface area contributed by atoms with E-state index in [4.69, 9.17) is 8.85 Å². The quantitative estimate of drug-likeness (QED) is 0.576. The second-order valence-electron chi connectivity index (χ2n) is 8.19. The highest BCUT2D eigenvalue weighted by Crippen LogP contribution is 2.29. The van der Waals surface area contributed by atoms with E-state index in [0.29, 0.717) is 10.1 Å². The molecular formula is C15H36O2Si2. The Hall–Kier alpha value is 0.354. The molecule has 0 unspecified atom stereocenters. The fourth-order valence-corrected chi connectivity index (χ4v) is 4.28. The summed E-state index contributed by atoms with van der Waals surface area (Å²) in [5.74, 6) is 0. The molecule has 0 aromatic heterocycles. The van der Waals surface area contributed by atoms with E-state index in [2.05, 4.69) is 55.4 Å². The summed E-state index contributed by atoms with van der Waals surface area (Å²) in [5, 5.41) is 0.853. The summed E-state index contributed by atoms with van der Waals surface area (Å²) in [6.07, 6.45) is 2.43. The van der Waals surface area contributed by atoms with Gasteiger partial charge in [-0.05, 0) is 10.1 Å². The number of hydrogen-bond donors (Lipinski definition) is 0. The highest BCUT2D eigenvalue weighted by molar-refractivity contribution is 6.32. The lowest BCUT2D eigenvalue weighted by Gasteiger charge is -2.30. The molecule has 0 N–H and O–H groups in total. The molecule has 0 spiro atoms. The van der Waals surface area contributed by atoms with Crippen molar-refractivity contribution in [2.45, 2.75) is 78.3 Å². The molecule has 0 aromatic carbocycles. The van der Waals surface area contributed by atoms with Gasteiger partial charge in [0.2, 0.25) is 0 Å². The van der Waals surface area contributed by atoms with Crippen LogP contribution in [0.2, 0.25) is 10.1 Å². The van der Waals surface area contributed by atoms with Gasteiger partial charge in [0.05, 0.1) is 0 Å². The van der Waals surface area contributed by atoms with Crippen molar-refractivity contribution < 1.29 is 8.85 Å². The van der Waals surface area contributed by atoms with Crippen LogP contribution in [0.25, 0.3) is 0 Å². The lowest BCUT2D eigenvalue weighted by Crippen LogP contribution is -2.30. The minimum Gasteiger partial charge on any atom is -0.423 e. The Morgan fingerprint density at radius 1 is 0.684 bits per heavy atom. The van der Waals surface area contributed by atoms with Crippen LogP contribution in [0.3, 0.4) is 0 Å². The van der Waals surface area contributed by atoms with Crippen LogP contribution in [0, 0.1) is 5.41 Å². The molecule has 0 radical (unpaired) electrons. The van der Waals surface area contributed by atoms with Crippen LogP contribution in [0.4, 0.5) is 0 Å². The van der Waals surface area contributed by atoms with Crippen LogP contribution < -0.4 is 0 Å². The summed E-state index contributed by atoms with van der Waals surface area (Å²) in [7, 11) is -0.880. The van der Waals surface area contributed by atoms with Gasteiger partial charge in [-0.3, -0.25) is 0 Å². The lowest BCUT2D eigenvalue weighted by atomic mass is 9.97. The monoisotopic (exact) mass is 304 g/mol. The maximum atomic E-state index is 6.04. The fourth-order valence-electron chi connectivity index (χ4n) is 1.45. The smallest absolute Gasteiger partial charge is 0.167 e. The first kappa shape index (κ1) is 19.4. The van der Waals surface area contributed by atoms with Crippen LogP contribution in [0.5, 0.6) is 0 Å². The molecule has 0 rings (SSSR count). The van der Waals surface area contributed by atoms with Gasteiger partial charge in [-0.15, -0.1) is 0 Å². The Bertz CT molecular complexity index is 227. The maximum Gasteiger partial charge on any atom is 0.167 e. The Kier molecular flexibility index (Phi) is 8.11. The zero-order valence-corrected chi connectivity index (χ0v) is 17.4. The summed E-state index contributed by atoms with van der Waals surface area (Å²) < 4.78 is 12.1. The van der Waals surface area contributed by atoms with Crippen LogP contribution in [0.15, 0.2) is 0 Å². The summed E-state index contributed by atoms with van der Waals surface area (Å²) >= 11 is 0. The molecule has 0 aromatic rings. The molecule has 2 nitrogen and oxygen atoms in total. The summed E-state index contributed by atoms with van der Waals surface area (Å²) in [6, 6.07) is 0. The van der Waals surface area contributed by atoms with Gasteiger partial charge in [0.15, 0.2) is 19.5 Å². The molecule has 0 heterocycles. The molecule has 0 fully saturated rings. The molecule has 116 valence electrons. The Morgan fingerprint density at radius 2 is 1.00 bits per heavy atom. The van der Waals surface area contributed by atoms with Crippen molar-refractivity contribution in [3.05, 3.63) is 0 Å². The third-order valence-electron chi connectivity index (χ3n) is 3.89. The van der Waals surface area contributed by atoms with Crippen LogP contribution in [0.1, 0.15) is 68.2 Å². The largest absolute Gasteiger partial charge is 0.423 e. The van der Waals surface area contributed by atoms with Crippen molar-refractivity contribution in [3.8, 4) is 0 Å². The Labute approximate surface area is 125 Å². The highest BCUT2D eigenvalue weighted by Gasteiger charge is 2.24. The van der Waals surface area contributed by atoms with Gasteiger partial charge >= 0.3 is 0 Å². The van der Waals surface area contributed by atoms with Crippen LogP contribution in [-0.4, -0.2) is 32.7 Å². The van der Waals surface area contributed by atoms with Crippen LogP contribution >= 0.6 is 0 Å². The van der Waals surface area contributed by atoms with Crippen molar-refractivity contribution in [2.24, 2.45) is 5.41 Å². The average Bonchev–Trinajstić information content (AvgIpc) is 2.28. The maximum absolute atomic E-state index is 6.04. The van der Waals surface area contributed by atoms with Gasteiger partial charge in [-0.25, -0.2) is 0 Å². The fraction of sp³-hybridized carbons (Fsp3) is 1.00. The zero-order valence-electron chi connectivity index (χ0n) is 14.6. The molecule has 4 heteroatoms. The van der Waals surface area contributed by atoms with Crippen molar-refractivity contribution in [2.75, 3.05) is 13.2 Å². The molecule has 0 aliphatic carbocycles. The predicted octanol–water partition coefficient (Wildman–Crippen LogP) is 3.43. The predicted molar refractivity (Wildman–Crippen MR) is 91.4 cm³/mol. The molecule has 0 aliphatic heterocycles. The van der Waals surface area contributed by atoms with E-state index >= 15 is 0 Å². The van der Waals surface area contributed by atoms with E-state index in [-0.39, 0.29) is 5.41 Å². The Balaban J connectivity index is 3.93. The summed E-state index contributed by atoms with van der Waals surface area (Å²) in [5.41, 5.74) is 0.160. The highest BCUT2D eigenvalue weighted by atomic mass is 28.2. The van der Waals surface area contributed by atoms with Gasteiger partial charge in [0.25, 0.3) is 0 Å². The standard InChI is InChI=1S/C15H36O2Si2/c1-9-14(5,6)18-16-11-13(3,4)12-17-19-15(7,8)10-2/h9-12,18-19H2,1-8H3. The average molecular weight is 305 g/mol. The second kappa shape index (κ2) is 7.96. The molecule has 0 amide bonds. The molecule has 0 atom stereocenters. The summed E-state index contributed by atoms with van der Waals surface area (Å²) in [6.45, 7) is 20.0. The van der Waals surface area contributed by atoms with Gasteiger partial charge < -0.3 is 8.85 Å². The van der Waals surface area contributed by atoms with Crippen LogP contribution in [-0.2, 0) is 8.85 Å². The molecule has 0 aliphatic rings. The zero-order chi connectivity index (χ0) is 15.2. The minimum absolute atomic E-state index is 0.160. The van der Waals surface area contributed by atoms with E-state index in [9.17, 15) is 0 Å². The SMILES string of the molecule is CCC(C)(C)[SiH2]OCC(C)(C)CO[SiH2]C(C)(C)CC. The topological polar surface area (TPSA) is 18.5 Å². The first-order valence-corrected chi connectivity index (χ1v) is 10.3. The van der Waals surface area contributed by atoms with E-state index in [1.807, 2.05) is 0 Å². The summed E-state index contributed by atoms with van der Waals surface area (Å²) in [4.78, 5) is 0. The lowest BCUT2D eigenvalue weighted by molar-refractivity contribution is 0.110. The molecular weight excluding hydrogens is 268 g/mol.